The lowest BCUT2D eigenvalue weighted by molar-refractivity contribution is -0.118. The van der Waals surface area contributed by atoms with Gasteiger partial charge in [0.1, 0.15) is 5.75 Å². The molecule has 148 valence electrons. The first kappa shape index (κ1) is 20.5. The molecule has 1 heterocycles. The molecule has 0 aliphatic carbocycles. The monoisotopic (exact) mass is 422 g/mol. The molecule has 3 rings (SSSR count). The number of hydrogen-bond acceptors (Lipinski definition) is 4. The van der Waals surface area contributed by atoms with Crippen LogP contribution in [0.1, 0.15) is 23.2 Å². The minimum atomic E-state index is -0.404. The number of nitrogens with one attached hydrogen (secondary N) is 2. The molecule has 0 saturated carbocycles. The Bertz CT molecular complexity index is 854. The van der Waals surface area contributed by atoms with E-state index in [1.54, 1.807) is 36.4 Å². The second-order valence-corrected chi connectivity index (χ2v) is 7.15. The van der Waals surface area contributed by atoms with E-state index in [0.717, 1.165) is 19.4 Å². The number of ether oxygens (including phenoxy) is 2. The van der Waals surface area contributed by atoms with Crippen LogP contribution in [0, 0.1) is 0 Å². The average molecular weight is 423 g/mol. The van der Waals surface area contributed by atoms with E-state index in [2.05, 4.69) is 10.6 Å². The van der Waals surface area contributed by atoms with Crippen LogP contribution in [0.3, 0.4) is 0 Å². The van der Waals surface area contributed by atoms with Gasteiger partial charge in [0.05, 0.1) is 22.4 Å². The molecule has 6 nitrogen and oxygen atoms in total. The highest BCUT2D eigenvalue weighted by Gasteiger charge is 2.18. The molecule has 0 spiro atoms. The fourth-order valence-electron chi connectivity index (χ4n) is 2.81. The lowest BCUT2D eigenvalue weighted by atomic mass is 10.1. The highest BCUT2D eigenvalue weighted by molar-refractivity contribution is 6.36. The third-order valence-corrected chi connectivity index (χ3v) is 4.76. The van der Waals surface area contributed by atoms with Crippen LogP contribution >= 0.6 is 23.2 Å². The van der Waals surface area contributed by atoms with E-state index in [-0.39, 0.29) is 18.6 Å². The molecule has 1 atom stereocenters. The molecule has 1 aliphatic rings. The van der Waals surface area contributed by atoms with Gasteiger partial charge in [-0.05, 0) is 43.2 Å². The third-order valence-electron chi connectivity index (χ3n) is 4.21. The summed E-state index contributed by atoms with van der Waals surface area (Å²) in [6.45, 7) is 0.907. The Morgan fingerprint density at radius 1 is 1.18 bits per heavy atom. The van der Waals surface area contributed by atoms with E-state index in [1.807, 2.05) is 0 Å². The lowest BCUT2D eigenvalue weighted by Gasteiger charge is -2.14. The molecule has 2 aromatic rings. The molecule has 1 unspecified atom stereocenters. The number of amides is 2. The largest absolute Gasteiger partial charge is 0.483 e. The van der Waals surface area contributed by atoms with Gasteiger partial charge in [-0.25, -0.2) is 0 Å². The molecule has 8 heteroatoms. The molecule has 0 radical (unpaired) electrons. The first-order valence-electron chi connectivity index (χ1n) is 8.89. The molecule has 0 aromatic heterocycles. The van der Waals surface area contributed by atoms with Gasteiger partial charge < -0.3 is 20.1 Å². The van der Waals surface area contributed by atoms with Crippen LogP contribution in [0.15, 0.2) is 42.5 Å². The molecule has 1 saturated heterocycles. The normalized spacial score (nSPS) is 15.9. The highest BCUT2D eigenvalue weighted by Crippen LogP contribution is 2.25. The number of para-hydroxylation sites is 1. The van der Waals surface area contributed by atoms with Crippen molar-refractivity contribution in [2.24, 2.45) is 0 Å². The zero-order valence-corrected chi connectivity index (χ0v) is 16.6. The first-order valence-corrected chi connectivity index (χ1v) is 9.65. The smallest absolute Gasteiger partial charge is 0.262 e. The molecule has 2 aromatic carbocycles. The van der Waals surface area contributed by atoms with Crippen LogP contribution < -0.4 is 15.4 Å². The molecule has 1 fully saturated rings. The number of carbonyl (C=O) groups is 2. The van der Waals surface area contributed by atoms with Crippen molar-refractivity contribution in [3.8, 4) is 5.75 Å². The van der Waals surface area contributed by atoms with E-state index in [0.29, 0.717) is 33.6 Å². The summed E-state index contributed by atoms with van der Waals surface area (Å²) in [4.78, 5) is 24.6. The predicted molar refractivity (Wildman–Crippen MR) is 108 cm³/mol. The number of carbonyl (C=O) groups excluding carboxylic acids is 2. The van der Waals surface area contributed by atoms with Crippen molar-refractivity contribution >= 4 is 40.7 Å². The van der Waals surface area contributed by atoms with Gasteiger partial charge in [-0.15, -0.1) is 0 Å². The van der Waals surface area contributed by atoms with Gasteiger partial charge in [0.15, 0.2) is 6.61 Å². The Morgan fingerprint density at radius 3 is 2.75 bits per heavy atom. The van der Waals surface area contributed by atoms with Gasteiger partial charge in [0.2, 0.25) is 0 Å². The lowest BCUT2D eigenvalue weighted by Crippen LogP contribution is -2.32. The predicted octanol–water partition coefficient (Wildman–Crippen LogP) is 3.92. The SMILES string of the molecule is O=C(COc1ccccc1C(=O)NCC1CCCO1)Nc1ccc(Cl)cc1Cl. The summed E-state index contributed by atoms with van der Waals surface area (Å²) >= 11 is 11.9. The van der Waals surface area contributed by atoms with Gasteiger partial charge in [-0.1, -0.05) is 35.3 Å². The summed E-state index contributed by atoms with van der Waals surface area (Å²) in [5, 5.41) is 6.30. The third kappa shape index (κ3) is 5.61. The Hall–Kier alpha value is -2.28. The van der Waals surface area contributed by atoms with Crippen LogP contribution in [-0.4, -0.2) is 37.7 Å². The maximum absolute atomic E-state index is 12.5. The Balaban J connectivity index is 1.56. The van der Waals surface area contributed by atoms with Crippen molar-refractivity contribution in [1.82, 2.24) is 5.32 Å². The van der Waals surface area contributed by atoms with Crippen molar-refractivity contribution in [2.45, 2.75) is 18.9 Å². The number of benzene rings is 2. The van der Waals surface area contributed by atoms with Crippen LogP contribution in [0.4, 0.5) is 5.69 Å². The molecular weight excluding hydrogens is 403 g/mol. The second-order valence-electron chi connectivity index (χ2n) is 6.30. The van der Waals surface area contributed by atoms with Gasteiger partial charge in [-0.3, -0.25) is 9.59 Å². The minimum Gasteiger partial charge on any atom is -0.483 e. The van der Waals surface area contributed by atoms with Crippen LogP contribution in [0.25, 0.3) is 0 Å². The average Bonchev–Trinajstić information content (AvgIpc) is 3.20. The number of rotatable bonds is 7. The summed E-state index contributed by atoms with van der Waals surface area (Å²) in [5.41, 5.74) is 0.792. The summed E-state index contributed by atoms with van der Waals surface area (Å²) in [7, 11) is 0. The quantitative estimate of drug-likeness (QED) is 0.708. The van der Waals surface area contributed by atoms with Crippen molar-refractivity contribution in [2.75, 3.05) is 25.1 Å². The zero-order chi connectivity index (χ0) is 19.9. The Morgan fingerprint density at radius 2 is 2.00 bits per heavy atom. The Kier molecular flexibility index (Phi) is 7.14. The number of halogens is 2. The molecule has 1 aliphatic heterocycles. The van der Waals surface area contributed by atoms with E-state index in [9.17, 15) is 9.59 Å². The molecular formula is C20H20Cl2N2O4. The van der Waals surface area contributed by atoms with Gasteiger partial charge in [-0.2, -0.15) is 0 Å². The summed E-state index contributed by atoms with van der Waals surface area (Å²) < 4.78 is 11.1. The molecule has 2 N–H and O–H groups in total. The van der Waals surface area contributed by atoms with Crippen LogP contribution in [-0.2, 0) is 9.53 Å². The standard InChI is InChI=1S/C20H20Cl2N2O4/c21-13-7-8-17(16(22)10-13)24-19(25)12-28-18-6-2-1-5-15(18)20(26)23-11-14-4-3-9-27-14/h1-2,5-8,10,14H,3-4,9,11-12H2,(H,23,26)(H,24,25). The summed E-state index contributed by atoms with van der Waals surface area (Å²) in [6.07, 6.45) is 1.99. The maximum atomic E-state index is 12.5. The van der Waals surface area contributed by atoms with Crippen molar-refractivity contribution < 1.29 is 19.1 Å². The summed E-state index contributed by atoms with van der Waals surface area (Å²) in [5.74, 6) is -0.351. The molecule has 28 heavy (non-hydrogen) atoms. The van der Waals surface area contributed by atoms with E-state index < -0.39 is 5.91 Å². The fraction of sp³-hybridized carbons (Fsp3) is 0.300. The van der Waals surface area contributed by atoms with Crippen LogP contribution in [0.2, 0.25) is 10.0 Å². The highest BCUT2D eigenvalue weighted by atomic mass is 35.5. The number of anilines is 1. The van der Waals surface area contributed by atoms with Crippen molar-refractivity contribution in [1.29, 1.82) is 0 Å². The number of hydrogen-bond donors (Lipinski definition) is 2. The zero-order valence-electron chi connectivity index (χ0n) is 15.0. The van der Waals surface area contributed by atoms with E-state index in [1.165, 1.54) is 6.07 Å². The van der Waals surface area contributed by atoms with Crippen LogP contribution in [0.5, 0.6) is 5.75 Å². The van der Waals surface area contributed by atoms with Gasteiger partial charge in [0, 0.05) is 18.2 Å². The van der Waals surface area contributed by atoms with Gasteiger partial charge >= 0.3 is 0 Å². The summed E-state index contributed by atoms with van der Waals surface area (Å²) in [6, 6.07) is 11.5. The van der Waals surface area contributed by atoms with Crippen molar-refractivity contribution in [3.05, 3.63) is 58.1 Å². The van der Waals surface area contributed by atoms with E-state index in [4.69, 9.17) is 32.7 Å². The van der Waals surface area contributed by atoms with E-state index >= 15 is 0 Å². The fourth-order valence-corrected chi connectivity index (χ4v) is 3.26. The topological polar surface area (TPSA) is 76.7 Å². The molecule has 2 amide bonds. The van der Waals surface area contributed by atoms with Crippen molar-refractivity contribution in [3.63, 3.8) is 0 Å². The van der Waals surface area contributed by atoms with Gasteiger partial charge in [0.25, 0.3) is 11.8 Å². The molecule has 0 bridgehead atoms. The second kappa shape index (κ2) is 9.78. The minimum absolute atomic E-state index is 0.0481. The first-order chi connectivity index (χ1) is 13.5. The maximum Gasteiger partial charge on any atom is 0.262 e. The Labute approximate surface area is 173 Å².